The molecule has 1 aliphatic heterocycles. The Bertz CT molecular complexity index is 357. The highest BCUT2D eigenvalue weighted by atomic mass is 32.2. The van der Waals surface area contributed by atoms with Crippen molar-refractivity contribution in [1.29, 1.82) is 0 Å². The van der Waals surface area contributed by atoms with E-state index in [-0.39, 0.29) is 5.25 Å². The highest BCUT2D eigenvalue weighted by molar-refractivity contribution is 7.92. The molecule has 0 aromatic rings. The van der Waals surface area contributed by atoms with E-state index < -0.39 is 9.84 Å². The smallest absolute Gasteiger partial charge is 0.166 e. The molecule has 5 nitrogen and oxygen atoms in total. The molecule has 0 amide bonds. The Hall–Kier alpha value is -0.400. The maximum atomic E-state index is 11.6. The van der Waals surface area contributed by atoms with Crippen LogP contribution in [0.3, 0.4) is 0 Å². The molecular formula is C11H22N2O3S2. The SMILES string of the molecule is CCOCCCNC(=S)NCC1CCCS1(=O)=O. The van der Waals surface area contributed by atoms with E-state index in [2.05, 4.69) is 10.6 Å². The molecule has 0 saturated carbocycles. The summed E-state index contributed by atoms with van der Waals surface area (Å²) >= 11 is 5.08. The number of rotatable bonds is 7. The highest BCUT2D eigenvalue weighted by Crippen LogP contribution is 2.18. The van der Waals surface area contributed by atoms with Crippen LogP contribution in [0.2, 0.25) is 0 Å². The minimum atomic E-state index is -2.89. The van der Waals surface area contributed by atoms with Gasteiger partial charge in [-0.05, 0) is 38.4 Å². The van der Waals surface area contributed by atoms with Crippen LogP contribution in [0.5, 0.6) is 0 Å². The molecule has 0 aromatic carbocycles. The maximum absolute atomic E-state index is 11.6. The lowest BCUT2D eigenvalue weighted by molar-refractivity contribution is 0.145. The van der Waals surface area contributed by atoms with Crippen LogP contribution in [0.4, 0.5) is 0 Å². The van der Waals surface area contributed by atoms with Gasteiger partial charge in [-0.1, -0.05) is 0 Å². The minimum Gasteiger partial charge on any atom is -0.382 e. The fourth-order valence-corrected chi connectivity index (χ4v) is 3.83. The summed E-state index contributed by atoms with van der Waals surface area (Å²) in [4.78, 5) is 0. The van der Waals surface area contributed by atoms with Crippen molar-refractivity contribution in [3.63, 3.8) is 0 Å². The Morgan fingerprint density at radius 3 is 2.83 bits per heavy atom. The van der Waals surface area contributed by atoms with Gasteiger partial charge >= 0.3 is 0 Å². The third kappa shape index (κ3) is 5.49. The van der Waals surface area contributed by atoms with Gasteiger partial charge in [-0.3, -0.25) is 0 Å². The molecule has 1 atom stereocenters. The predicted octanol–water partition coefficient (Wildman–Crippen LogP) is 0.454. The van der Waals surface area contributed by atoms with Gasteiger partial charge in [-0.15, -0.1) is 0 Å². The third-order valence-corrected chi connectivity index (χ3v) is 5.47. The van der Waals surface area contributed by atoms with Crippen LogP contribution in [0.25, 0.3) is 0 Å². The molecule has 1 fully saturated rings. The second kappa shape index (κ2) is 7.91. The van der Waals surface area contributed by atoms with Gasteiger partial charge in [0.15, 0.2) is 14.9 Å². The first-order valence-electron chi connectivity index (χ1n) is 6.37. The van der Waals surface area contributed by atoms with Crippen molar-refractivity contribution in [2.24, 2.45) is 0 Å². The summed E-state index contributed by atoms with van der Waals surface area (Å²) < 4.78 is 28.4. The monoisotopic (exact) mass is 294 g/mol. The van der Waals surface area contributed by atoms with Crippen LogP contribution in [-0.4, -0.2) is 50.8 Å². The fourth-order valence-electron chi connectivity index (χ4n) is 1.88. The van der Waals surface area contributed by atoms with Crippen molar-refractivity contribution in [3.05, 3.63) is 0 Å². The number of hydrogen-bond acceptors (Lipinski definition) is 4. The Balaban J connectivity index is 2.10. The number of sulfone groups is 1. The minimum absolute atomic E-state index is 0.277. The second-order valence-corrected chi connectivity index (χ2v) is 7.13. The third-order valence-electron chi connectivity index (χ3n) is 2.91. The molecule has 7 heteroatoms. The molecule has 0 aromatic heterocycles. The lowest BCUT2D eigenvalue weighted by Gasteiger charge is -2.13. The molecule has 0 radical (unpaired) electrons. The average Bonchev–Trinajstić information content (AvgIpc) is 2.65. The standard InChI is InChI=1S/C11H22N2O3S2/c1-2-16-7-4-6-12-11(17)13-9-10-5-3-8-18(10,14)15/h10H,2-9H2,1H3,(H2,12,13,17). The molecule has 0 spiro atoms. The molecule has 106 valence electrons. The van der Waals surface area contributed by atoms with Crippen LogP contribution in [0.15, 0.2) is 0 Å². The fraction of sp³-hybridized carbons (Fsp3) is 0.909. The predicted molar refractivity (Wildman–Crippen MR) is 76.5 cm³/mol. The van der Waals surface area contributed by atoms with Crippen LogP contribution in [0.1, 0.15) is 26.2 Å². The molecule has 1 saturated heterocycles. The first kappa shape index (κ1) is 15.7. The molecule has 2 N–H and O–H groups in total. The van der Waals surface area contributed by atoms with Crippen LogP contribution in [-0.2, 0) is 14.6 Å². The number of nitrogens with one attached hydrogen (secondary N) is 2. The van der Waals surface area contributed by atoms with Gasteiger partial charge in [0.2, 0.25) is 0 Å². The molecule has 0 aliphatic carbocycles. The molecule has 18 heavy (non-hydrogen) atoms. The van der Waals surface area contributed by atoms with Crippen LogP contribution in [0, 0.1) is 0 Å². The van der Waals surface area contributed by atoms with Crippen molar-refractivity contribution in [1.82, 2.24) is 10.6 Å². The molecule has 0 bridgehead atoms. The maximum Gasteiger partial charge on any atom is 0.166 e. The van der Waals surface area contributed by atoms with Crippen molar-refractivity contribution in [3.8, 4) is 0 Å². The van der Waals surface area contributed by atoms with Gasteiger partial charge < -0.3 is 15.4 Å². The normalized spacial score (nSPS) is 21.7. The van der Waals surface area contributed by atoms with Gasteiger partial charge in [0.1, 0.15) is 0 Å². The lowest BCUT2D eigenvalue weighted by Crippen LogP contribution is -2.41. The molecule has 1 heterocycles. The average molecular weight is 294 g/mol. The van der Waals surface area contributed by atoms with E-state index in [1.165, 1.54) is 0 Å². The zero-order chi connectivity index (χ0) is 13.4. The number of thiocarbonyl (C=S) groups is 1. The van der Waals surface area contributed by atoms with E-state index in [0.29, 0.717) is 24.0 Å². The van der Waals surface area contributed by atoms with Gasteiger partial charge in [0, 0.05) is 26.3 Å². The Labute approximate surface area is 115 Å². The van der Waals surface area contributed by atoms with Gasteiger partial charge in [0.05, 0.1) is 11.0 Å². The van der Waals surface area contributed by atoms with E-state index in [1.807, 2.05) is 6.92 Å². The van der Waals surface area contributed by atoms with E-state index in [4.69, 9.17) is 17.0 Å². The molecule has 1 aliphatic rings. The van der Waals surface area contributed by atoms with Crippen molar-refractivity contribution in [2.45, 2.75) is 31.4 Å². The molecule has 1 unspecified atom stereocenters. The van der Waals surface area contributed by atoms with E-state index >= 15 is 0 Å². The van der Waals surface area contributed by atoms with E-state index in [9.17, 15) is 8.42 Å². The van der Waals surface area contributed by atoms with E-state index in [1.54, 1.807) is 0 Å². The summed E-state index contributed by atoms with van der Waals surface area (Å²) in [5.41, 5.74) is 0. The van der Waals surface area contributed by atoms with E-state index in [0.717, 1.165) is 32.4 Å². The van der Waals surface area contributed by atoms with Gasteiger partial charge in [0.25, 0.3) is 0 Å². The Morgan fingerprint density at radius 1 is 1.44 bits per heavy atom. The van der Waals surface area contributed by atoms with Crippen molar-refractivity contribution >= 4 is 27.2 Å². The van der Waals surface area contributed by atoms with Crippen molar-refractivity contribution in [2.75, 3.05) is 32.1 Å². The lowest BCUT2D eigenvalue weighted by atomic mass is 10.2. The number of ether oxygens (including phenoxy) is 1. The molecule has 1 rings (SSSR count). The summed E-state index contributed by atoms with van der Waals surface area (Å²) in [5.74, 6) is 0.313. The van der Waals surface area contributed by atoms with Gasteiger partial charge in [-0.25, -0.2) is 8.42 Å². The quantitative estimate of drug-likeness (QED) is 0.525. The van der Waals surface area contributed by atoms with Gasteiger partial charge in [-0.2, -0.15) is 0 Å². The topological polar surface area (TPSA) is 67.4 Å². The number of hydrogen-bond donors (Lipinski definition) is 2. The first-order chi connectivity index (χ1) is 8.56. The first-order valence-corrected chi connectivity index (χ1v) is 8.49. The summed E-state index contributed by atoms with van der Waals surface area (Å²) in [7, 11) is -2.89. The summed E-state index contributed by atoms with van der Waals surface area (Å²) in [6.45, 7) is 4.55. The second-order valence-electron chi connectivity index (χ2n) is 4.32. The Kier molecular flexibility index (Phi) is 6.88. The summed E-state index contributed by atoms with van der Waals surface area (Å²) in [6, 6.07) is 0. The zero-order valence-electron chi connectivity index (χ0n) is 10.8. The Morgan fingerprint density at radius 2 is 2.22 bits per heavy atom. The summed E-state index contributed by atoms with van der Waals surface area (Å²) in [5, 5.41) is 6.25. The molecular weight excluding hydrogens is 272 g/mol. The summed E-state index contributed by atoms with van der Waals surface area (Å²) in [6.07, 6.45) is 2.39. The van der Waals surface area contributed by atoms with Crippen LogP contribution >= 0.6 is 12.2 Å². The van der Waals surface area contributed by atoms with Crippen molar-refractivity contribution < 1.29 is 13.2 Å². The highest BCUT2D eigenvalue weighted by Gasteiger charge is 2.30. The largest absolute Gasteiger partial charge is 0.382 e. The zero-order valence-corrected chi connectivity index (χ0v) is 12.4. The van der Waals surface area contributed by atoms with Crippen LogP contribution < -0.4 is 10.6 Å².